The van der Waals surface area contributed by atoms with Gasteiger partial charge in [-0.3, -0.25) is 5.84 Å². The molecule has 1 aromatic heterocycles. The molecule has 0 aliphatic carbocycles. The van der Waals surface area contributed by atoms with Crippen molar-refractivity contribution >= 4 is 27.5 Å². The molecule has 2 rings (SSSR count). The Labute approximate surface area is 111 Å². The molecule has 1 atom stereocenters. The summed E-state index contributed by atoms with van der Waals surface area (Å²) in [6.45, 7) is 2.41. The van der Waals surface area contributed by atoms with Crippen LogP contribution < -0.4 is 11.3 Å². The van der Waals surface area contributed by atoms with Crippen LogP contribution in [0, 0.1) is 0 Å². The van der Waals surface area contributed by atoms with Crippen LogP contribution in [-0.2, 0) is 10.0 Å². The van der Waals surface area contributed by atoms with Crippen LogP contribution in [0.15, 0.2) is 23.4 Å². The van der Waals surface area contributed by atoms with Gasteiger partial charge in [-0.15, -0.1) is 0 Å². The normalized spacial score (nSPS) is 21.8. The number of nitrogen functional groups attached to an aromatic ring is 1. The molecule has 1 aliphatic rings. The number of thioether (sulfide) groups is 1. The van der Waals surface area contributed by atoms with E-state index >= 15 is 0 Å². The maximum Gasteiger partial charge on any atom is 0.262 e. The van der Waals surface area contributed by atoms with Gasteiger partial charge in [0.05, 0.1) is 5.69 Å². The van der Waals surface area contributed by atoms with Crippen molar-refractivity contribution in [1.82, 2.24) is 9.29 Å². The molecule has 0 spiro atoms. The van der Waals surface area contributed by atoms with E-state index in [4.69, 9.17) is 5.84 Å². The largest absolute Gasteiger partial charge is 0.321 e. The third-order valence-electron chi connectivity index (χ3n) is 2.79. The number of nitrogens with one attached hydrogen (secondary N) is 1. The maximum absolute atomic E-state index is 12.5. The predicted molar refractivity (Wildman–Crippen MR) is 72.7 cm³/mol. The highest BCUT2D eigenvalue weighted by Crippen LogP contribution is 2.26. The van der Waals surface area contributed by atoms with E-state index in [-0.39, 0.29) is 11.1 Å². The smallest absolute Gasteiger partial charge is 0.262 e. The van der Waals surface area contributed by atoms with Gasteiger partial charge in [-0.1, -0.05) is 0 Å². The Balaban J connectivity index is 2.41. The first-order valence-corrected chi connectivity index (χ1v) is 8.18. The second-order valence-electron chi connectivity index (χ2n) is 4.04. The van der Waals surface area contributed by atoms with Crippen LogP contribution in [0.1, 0.15) is 6.92 Å². The van der Waals surface area contributed by atoms with E-state index in [9.17, 15) is 8.42 Å². The van der Waals surface area contributed by atoms with Crippen molar-refractivity contribution in [3.63, 3.8) is 0 Å². The zero-order chi connectivity index (χ0) is 13.2. The fraction of sp³-hybridized carbons (Fsp3) is 0.500. The number of hydrazine groups is 1. The highest BCUT2D eigenvalue weighted by molar-refractivity contribution is 7.99. The predicted octanol–water partition coefficient (Wildman–Crippen LogP) is 0.493. The summed E-state index contributed by atoms with van der Waals surface area (Å²) in [6, 6.07) is 3.22. The Hall–Kier alpha value is -0.830. The maximum atomic E-state index is 12.5. The summed E-state index contributed by atoms with van der Waals surface area (Å²) in [5.74, 6) is 6.94. The molecule has 0 saturated carbocycles. The highest BCUT2D eigenvalue weighted by atomic mass is 32.2. The number of aromatic nitrogens is 1. The fourth-order valence-electron chi connectivity index (χ4n) is 1.89. The molecule has 1 fully saturated rings. The molecule has 8 heteroatoms. The molecule has 2 heterocycles. The number of pyridine rings is 1. The van der Waals surface area contributed by atoms with Crippen molar-refractivity contribution in [3.8, 4) is 0 Å². The first-order valence-electron chi connectivity index (χ1n) is 5.58. The number of nitrogens with zero attached hydrogens (tertiary/aromatic N) is 2. The first kappa shape index (κ1) is 13.6. The van der Waals surface area contributed by atoms with Crippen LogP contribution >= 0.6 is 11.8 Å². The third-order valence-corrected chi connectivity index (χ3v) is 5.95. The second-order valence-corrected chi connectivity index (χ2v) is 7.00. The topological polar surface area (TPSA) is 88.3 Å². The molecule has 0 aromatic carbocycles. The molecule has 1 aliphatic heterocycles. The Morgan fingerprint density at radius 1 is 1.61 bits per heavy atom. The monoisotopic (exact) mass is 288 g/mol. The second kappa shape index (κ2) is 5.43. The average Bonchev–Trinajstić information content (AvgIpc) is 2.39. The van der Waals surface area contributed by atoms with Crippen LogP contribution in [-0.4, -0.2) is 41.8 Å². The van der Waals surface area contributed by atoms with Gasteiger partial charge < -0.3 is 5.43 Å². The van der Waals surface area contributed by atoms with Crippen LogP contribution in [0.4, 0.5) is 5.69 Å². The first-order chi connectivity index (χ1) is 8.57. The zero-order valence-electron chi connectivity index (χ0n) is 10.0. The lowest BCUT2D eigenvalue weighted by atomic mass is 10.4. The van der Waals surface area contributed by atoms with Gasteiger partial charge in [-0.25, -0.2) is 13.4 Å². The quantitative estimate of drug-likeness (QED) is 0.622. The molecule has 1 unspecified atom stereocenters. The molecule has 3 N–H and O–H groups in total. The van der Waals surface area contributed by atoms with E-state index in [1.165, 1.54) is 10.5 Å². The minimum Gasteiger partial charge on any atom is -0.321 e. The molecular formula is C10H16N4O2S2. The van der Waals surface area contributed by atoms with Crippen molar-refractivity contribution in [2.45, 2.75) is 18.0 Å². The van der Waals surface area contributed by atoms with E-state index in [1.807, 2.05) is 6.92 Å². The summed E-state index contributed by atoms with van der Waals surface area (Å²) >= 11 is 1.76. The molecule has 0 bridgehead atoms. The summed E-state index contributed by atoms with van der Waals surface area (Å²) in [7, 11) is -3.59. The van der Waals surface area contributed by atoms with Crippen LogP contribution in [0.2, 0.25) is 0 Å². The minimum absolute atomic E-state index is 0.00810. The average molecular weight is 288 g/mol. The number of anilines is 1. The van der Waals surface area contributed by atoms with E-state index < -0.39 is 10.0 Å². The van der Waals surface area contributed by atoms with Gasteiger partial charge in [-0.2, -0.15) is 16.1 Å². The van der Waals surface area contributed by atoms with Gasteiger partial charge >= 0.3 is 0 Å². The Morgan fingerprint density at radius 2 is 2.39 bits per heavy atom. The van der Waals surface area contributed by atoms with Crippen LogP contribution in [0.25, 0.3) is 0 Å². The van der Waals surface area contributed by atoms with E-state index in [0.29, 0.717) is 12.2 Å². The van der Waals surface area contributed by atoms with Crippen molar-refractivity contribution in [2.75, 3.05) is 23.5 Å². The van der Waals surface area contributed by atoms with Crippen molar-refractivity contribution in [1.29, 1.82) is 0 Å². The highest BCUT2D eigenvalue weighted by Gasteiger charge is 2.33. The molecular weight excluding hydrogens is 272 g/mol. The Morgan fingerprint density at radius 3 is 3.06 bits per heavy atom. The van der Waals surface area contributed by atoms with Gasteiger partial charge in [0, 0.05) is 30.3 Å². The molecule has 0 amide bonds. The van der Waals surface area contributed by atoms with Crippen molar-refractivity contribution in [3.05, 3.63) is 18.3 Å². The lowest BCUT2D eigenvalue weighted by Crippen LogP contribution is -2.44. The number of hydrogen-bond acceptors (Lipinski definition) is 6. The molecule has 18 heavy (non-hydrogen) atoms. The molecule has 6 nitrogen and oxygen atoms in total. The standard InChI is InChI=1S/C10H16N4O2S2/c1-8-7-17-6-5-14(8)18(15,16)10-9(13-11)3-2-4-12-10/h2-4,8,13H,5-7,11H2,1H3. The summed E-state index contributed by atoms with van der Waals surface area (Å²) in [5.41, 5.74) is 2.70. The SMILES string of the molecule is CC1CSCCN1S(=O)(=O)c1ncccc1NN. The van der Waals surface area contributed by atoms with Gasteiger partial charge in [-0.05, 0) is 19.1 Å². The Kier molecular flexibility index (Phi) is 4.10. The molecule has 100 valence electrons. The number of rotatable bonds is 3. The number of nitrogens with two attached hydrogens (primary N) is 1. The lowest BCUT2D eigenvalue weighted by molar-refractivity contribution is 0.366. The van der Waals surface area contributed by atoms with Gasteiger partial charge in [0.25, 0.3) is 10.0 Å². The third kappa shape index (κ3) is 2.46. The zero-order valence-corrected chi connectivity index (χ0v) is 11.7. The van der Waals surface area contributed by atoms with E-state index in [1.54, 1.807) is 23.9 Å². The van der Waals surface area contributed by atoms with Crippen molar-refractivity contribution in [2.24, 2.45) is 5.84 Å². The lowest BCUT2D eigenvalue weighted by Gasteiger charge is -2.31. The van der Waals surface area contributed by atoms with Gasteiger partial charge in [0.15, 0.2) is 5.03 Å². The summed E-state index contributed by atoms with van der Waals surface area (Å²) in [5, 5.41) is -0.00810. The molecule has 1 aromatic rings. The van der Waals surface area contributed by atoms with E-state index in [2.05, 4.69) is 10.4 Å². The minimum atomic E-state index is -3.59. The Bertz CT molecular complexity index is 520. The van der Waals surface area contributed by atoms with Crippen molar-refractivity contribution < 1.29 is 8.42 Å². The van der Waals surface area contributed by atoms with Crippen LogP contribution in [0.5, 0.6) is 0 Å². The molecule has 0 radical (unpaired) electrons. The number of hydrogen-bond donors (Lipinski definition) is 2. The molecule has 1 saturated heterocycles. The van der Waals surface area contributed by atoms with Crippen LogP contribution in [0.3, 0.4) is 0 Å². The summed E-state index contributed by atoms with van der Waals surface area (Å²) in [4.78, 5) is 3.95. The summed E-state index contributed by atoms with van der Waals surface area (Å²) in [6.07, 6.45) is 1.46. The number of sulfonamides is 1. The fourth-order valence-corrected chi connectivity index (χ4v) is 4.81. The summed E-state index contributed by atoms with van der Waals surface area (Å²) < 4.78 is 26.6. The van der Waals surface area contributed by atoms with Gasteiger partial charge in [0.2, 0.25) is 0 Å². The van der Waals surface area contributed by atoms with E-state index in [0.717, 1.165) is 11.5 Å². The van der Waals surface area contributed by atoms with Gasteiger partial charge in [0.1, 0.15) is 0 Å².